The molecule has 1 aromatic rings. The van der Waals surface area contributed by atoms with Crippen LogP contribution in [-0.2, 0) is 6.42 Å². The van der Waals surface area contributed by atoms with Crippen LogP contribution in [0.2, 0.25) is 0 Å². The lowest BCUT2D eigenvalue weighted by Crippen LogP contribution is -2.23. The lowest BCUT2D eigenvalue weighted by molar-refractivity contribution is 0.549. The summed E-state index contributed by atoms with van der Waals surface area (Å²) in [6.45, 7) is 7.73. The zero-order chi connectivity index (χ0) is 12.0. The van der Waals surface area contributed by atoms with E-state index in [0.717, 1.165) is 6.54 Å². The van der Waals surface area contributed by atoms with Gasteiger partial charge in [-0.05, 0) is 54.7 Å². The number of thiophene rings is 1. The minimum Gasteiger partial charge on any atom is -0.315 e. The van der Waals surface area contributed by atoms with Crippen LogP contribution in [-0.4, -0.2) is 12.6 Å². The van der Waals surface area contributed by atoms with Gasteiger partial charge < -0.3 is 5.32 Å². The van der Waals surface area contributed by atoms with Crippen molar-refractivity contribution in [1.82, 2.24) is 5.32 Å². The van der Waals surface area contributed by atoms with E-state index in [1.54, 1.807) is 0 Å². The molecule has 3 heteroatoms. The van der Waals surface area contributed by atoms with Crippen LogP contribution in [0.1, 0.15) is 42.9 Å². The van der Waals surface area contributed by atoms with Crippen LogP contribution in [0.15, 0.2) is 10.5 Å². The summed E-state index contributed by atoms with van der Waals surface area (Å²) in [6.07, 6.45) is 5.14. The third kappa shape index (κ3) is 5.46. The van der Waals surface area contributed by atoms with Crippen molar-refractivity contribution in [3.8, 4) is 0 Å². The van der Waals surface area contributed by atoms with Gasteiger partial charge in [-0.15, -0.1) is 11.3 Å². The second kappa shape index (κ2) is 7.46. The van der Waals surface area contributed by atoms with Crippen molar-refractivity contribution in [2.24, 2.45) is 0 Å². The van der Waals surface area contributed by atoms with Crippen LogP contribution in [0.25, 0.3) is 0 Å². The molecule has 0 aliphatic heterocycles. The SMILES string of the molecule is Cc1cc(Br)c(CCCCCNC(C)C)s1. The van der Waals surface area contributed by atoms with Crippen LogP contribution in [0.4, 0.5) is 0 Å². The third-order valence-corrected chi connectivity index (χ3v) is 4.59. The first-order valence-corrected chi connectivity index (χ1v) is 7.68. The molecule has 0 aliphatic rings. The quantitative estimate of drug-likeness (QED) is 0.730. The van der Waals surface area contributed by atoms with Gasteiger partial charge in [0.1, 0.15) is 0 Å². The molecule has 1 nitrogen and oxygen atoms in total. The number of aryl methyl sites for hydroxylation is 2. The number of hydrogen-bond acceptors (Lipinski definition) is 2. The van der Waals surface area contributed by atoms with Crippen LogP contribution >= 0.6 is 27.3 Å². The first-order chi connectivity index (χ1) is 7.59. The number of rotatable bonds is 7. The highest BCUT2D eigenvalue weighted by atomic mass is 79.9. The lowest BCUT2D eigenvalue weighted by atomic mass is 10.1. The summed E-state index contributed by atoms with van der Waals surface area (Å²) in [5.74, 6) is 0. The highest BCUT2D eigenvalue weighted by Gasteiger charge is 2.03. The molecule has 0 atom stereocenters. The molecule has 0 unspecified atom stereocenters. The van der Waals surface area contributed by atoms with Gasteiger partial charge in [0.05, 0.1) is 0 Å². The topological polar surface area (TPSA) is 12.0 Å². The summed E-state index contributed by atoms with van der Waals surface area (Å²) in [7, 11) is 0. The van der Waals surface area contributed by atoms with E-state index in [9.17, 15) is 0 Å². The summed E-state index contributed by atoms with van der Waals surface area (Å²) in [5.41, 5.74) is 0. The highest BCUT2D eigenvalue weighted by Crippen LogP contribution is 2.28. The van der Waals surface area contributed by atoms with Crippen LogP contribution in [0.3, 0.4) is 0 Å². The number of nitrogens with one attached hydrogen (secondary N) is 1. The number of unbranched alkanes of at least 4 members (excludes halogenated alkanes) is 2. The third-order valence-electron chi connectivity index (χ3n) is 2.51. The molecule has 16 heavy (non-hydrogen) atoms. The molecule has 0 aliphatic carbocycles. The first-order valence-electron chi connectivity index (χ1n) is 6.08. The van der Waals surface area contributed by atoms with E-state index in [1.165, 1.54) is 39.9 Å². The Morgan fingerprint density at radius 2 is 2.06 bits per heavy atom. The monoisotopic (exact) mass is 303 g/mol. The standard InChI is InChI=1S/C13H22BrNS/c1-10(2)15-8-6-4-5-7-13-12(14)9-11(3)16-13/h9-10,15H,4-8H2,1-3H3. The fourth-order valence-corrected chi connectivity index (χ4v) is 3.58. The Kier molecular flexibility index (Phi) is 6.62. The minimum atomic E-state index is 0.620. The number of hydrogen-bond donors (Lipinski definition) is 1. The predicted octanol–water partition coefficient (Wildman–Crippen LogP) is 4.53. The molecule has 1 N–H and O–H groups in total. The molecular weight excluding hydrogens is 282 g/mol. The van der Waals surface area contributed by atoms with E-state index in [2.05, 4.69) is 48.1 Å². The average Bonchev–Trinajstić information content (AvgIpc) is 2.50. The Morgan fingerprint density at radius 1 is 1.31 bits per heavy atom. The van der Waals surface area contributed by atoms with Gasteiger partial charge in [0, 0.05) is 20.3 Å². The van der Waals surface area contributed by atoms with Crippen molar-refractivity contribution in [2.75, 3.05) is 6.54 Å². The normalized spacial score (nSPS) is 11.3. The van der Waals surface area contributed by atoms with E-state index in [0.29, 0.717) is 6.04 Å². The summed E-state index contributed by atoms with van der Waals surface area (Å²) >= 11 is 5.54. The zero-order valence-electron chi connectivity index (χ0n) is 10.5. The molecule has 0 bridgehead atoms. The second-order valence-electron chi connectivity index (χ2n) is 4.55. The van der Waals surface area contributed by atoms with Crippen LogP contribution < -0.4 is 5.32 Å². The van der Waals surface area contributed by atoms with Crippen molar-refractivity contribution in [2.45, 2.75) is 52.5 Å². The Labute approximate surface area is 112 Å². The van der Waals surface area contributed by atoms with Crippen molar-refractivity contribution in [1.29, 1.82) is 0 Å². The van der Waals surface area contributed by atoms with Gasteiger partial charge in [0.2, 0.25) is 0 Å². The maximum absolute atomic E-state index is 3.62. The van der Waals surface area contributed by atoms with E-state index < -0.39 is 0 Å². The van der Waals surface area contributed by atoms with E-state index in [-0.39, 0.29) is 0 Å². The fourth-order valence-electron chi connectivity index (χ4n) is 1.68. The first kappa shape index (κ1) is 14.2. The average molecular weight is 304 g/mol. The second-order valence-corrected chi connectivity index (χ2v) is 6.74. The summed E-state index contributed by atoms with van der Waals surface area (Å²) in [5, 5.41) is 3.45. The molecule has 0 saturated carbocycles. The molecule has 0 spiro atoms. The summed E-state index contributed by atoms with van der Waals surface area (Å²) < 4.78 is 1.30. The zero-order valence-corrected chi connectivity index (χ0v) is 12.9. The van der Waals surface area contributed by atoms with Crippen molar-refractivity contribution >= 4 is 27.3 Å². The molecule has 1 aromatic heterocycles. The minimum absolute atomic E-state index is 0.620. The van der Waals surface area contributed by atoms with Gasteiger partial charge in [0.15, 0.2) is 0 Å². The van der Waals surface area contributed by atoms with Crippen molar-refractivity contribution in [3.05, 3.63) is 20.3 Å². The molecule has 1 rings (SSSR count). The molecule has 0 saturated heterocycles. The van der Waals surface area contributed by atoms with Gasteiger partial charge in [-0.1, -0.05) is 20.3 Å². The summed E-state index contributed by atoms with van der Waals surface area (Å²) in [6, 6.07) is 2.84. The Balaban J connectivity index is 2.09. The maximum Gasteiger partial charge on any atom is 0.0317 e. The molecule has 0 amide bonds. The lowest BCUT2D eigenvalue weighted by Gasteiger charge is -2.07. The van der Waals surface area contributed by atoms with Crippen LogP contribution in [0.5, 0.6) is 0 Å². The van der Waals surface area contributed by atoms with Gasteiger partial charge in [0.25, 0.3) is 0 Å². The number of halogens is 1. The van der Waals surface area contributed by atoms with Gasteiger partial charge in [-0.3, -0.25) is 0 Å². The van der Waals surface area contributed by atoms with E-state index >= 15 is 0 Å². The molecular formula is C13H22BrNS. The Morgan fingerprint density at radius 3 is 2.62 bits per heavy atom. The Bertz CT molecular complexity index is 307. The molecule has 0 radical (unpaired) electrons. The van der Waals surface area contributed by atoms with Crippen molar-refractivity contribution in [3.63, 3.8) is 0 Å². The van der Waals surface area contributed by atoms with Crippen molar-refractivity contribution < 1.29 is 0 Å². The van der Waals surface area contributed by atoms with Gasteiger partial charge in [-0.2, -0.15) is 0 Å². The smallest absolute Gasteiger partial charge is 0.0317 e. The van der Waals surface area contributed by atoms with E-state index in [4.69, 9.17) is 0 Å². The highest BCUT2D eigenvalue weighted by molar-refractivity contribution is 9.10. The molecule has 92 valence electrons. The fraction of sp³-hybridized carbons (Fsp3) is 0.692. The Hall–Kier alpha value is 0.140. The largest absolute Gasteiger partial charge is 0.315 e. The van der Waals surface area contributed by atoms with Gasteiger partial charge in [-0.25, -0.2) is 0 Å². The van der Waals surface area contributed by atoms with Gasteiger partial charge >= 0.3 is 0 Å². The maximum atomic E-state index is 3.62. The predicted molar refractivity (Wildman–Crippen MR) is 77.4 cm³/mol. The molecule has 0 fully saturated rings. The van der Waals surface area contributed by atoms with E-state index in [1.807, 2.05) is 11.3 Å². The van der Waals surface area contributed by atoms with Crippen LogP contribution in [0, 0.1) is 6.92 Å². The molecule has 0 aromatic carbocycles. The summed E-state index contributed by atoms with van der Waals surface area (Å²) in [4.78, 5) is 2.91. The molecule has 1 heterocycles.